The molecule has 0 saturated carbocycles. The van der Waals surface area contributed by atoms with Crippen molar-refractivity contribution in [2.24, 2.45) is 11.8 Å². The number of amides is 2. The largest absolute Gasteiger partial charge is 0.493 e. The number of fused-ring (bicyclic) bond motifs is 6. The van der Waals surface area contributed by atoms with Gasteiger partial charge in [0, 0.05) is 45.1 Å². The fourth-order valence-corrected chi connectivity index (χ4v) is 8.39. The molecule has 0 aliphatic carbocycles. The van der Waals surface area contributed by atoms with Gasteiger partial charge in [0.2, 0.25) is 21.8 Å². The molecule has 0 unspecified atom stereocenters. The number of piperidine rings is 2. The molecule has 5 rings (SSSR count). The van der Waals surface area contributed by atoms with Crippen LogP contribution in [-0.4, -0.2) is 75.9 Å². The van der Waals surface area contributed by atoms with Gasteiger partial charge in [-0.3, -0.25) is 9.59 Å². The number of nitrogens with one attached hydrogen (secondary N) is 1. The second-order valence-electron chi connectivity index (χ2n) is 11.4. The Labute approximate surface area is 243 Å². The first kappa shape index (κ1) is 29.4. The molecule has 1 N–H and O–H groups in total. The molecular formula is C31H41N3O6S. The Hall–Kier alpha value is -3.11. The van der Waals surface area contributed by atoms with Crippen LogP contribution in [0.1, 0.15) is 49.7 Å². The van der Waals surface area contributed by atoms with E-state index in [2.05, 4.69) is 11.4 Å². The summed E-state index contributed by atoms with van der Waals surface area (Å²) in [4.78, 5) is 28.7. The van der Waals surface area contributed by atoms with E-state index in [0.717, 1.165) is 30.4 Å². The summed E-state index contributed by atoms with van der Waals surface area (Å²) >= 11 is 0. The highest BCUT2D eigenvalue weighted by molar-refractivity contribution is 7.89. The molecule has 41 heavy (non-hydrogen) atoms. The van der Waals surface area contributed by atoms with Crippen LogP contribution in [0, 0.1) is 11.8 Å². The van der Waals surface area contributed by atoms with Gasteiger partial charge in [0.15, 0.2) is 11.5 Å². The standard InChI is InChI=1S/C31H41N3O6S/c1-39-28-18-22-13-14-30(36)34-20-23-17-25(21-33(19-23)41(37,38)26-9-4-3-5-10-26)27(34)11-6-12-29(35)32-15-7-8-24(16-22)31(28)40-2/h3-5,9-10,16,18,23,25,27H,6-8,11-15,17,19-21H2,1-2H3,(H,32,35)/t23-,25-,27-/m0/s1. The lowest BCUT2D eigenvalue weighted by atomic mass is 9.78. The zero-order valence-corrected chi connectivity index (χ0v) is 24.8. The third-order valence-corrected chi connectivity index (χ3v) is 10.6. The molecule has 2 amide bonds. The van der Waals surface area contributed by atoms with Gasteiger partial charge in [-0.2, -0.15) is 4.31 Å². The summed E-state index contributed by atoms with van der Waals surface area (Å²) in [7, 11) is -0.384. The van der Waals surface area contributed by atoms with E-state index in [0.29, 0.717) is 74.7 Å². The Morgan fingerprint density at radius 2 is 1.71 bits per heavy atom. The summed E-state index contributed by atoms with van der Waals surface area (Å²) in [6, 6.07) is 12.5. The number of hydrogen-bond donors (Lipinski definition) is 1. The van der Waals surface area contributed by atoms with Crippen molar-refractivity contribution in [2.45, 2.75) is 62.3 Å². The number of sulfonamides is 1. The third-order valence-electron chi connectivity index (χ3n) is 8.73. The number of methoxy groups -OCH3 is 2. The van der Waals surface area contributed by atoms with Crippen molar-refractivity contribution in [3.05, 3.63) is 53.6 Å². The molecule has 0 aromatic heterocycles. The first-order chi connectivity index (χ1) is 19.8. The number of benzene rings is 2. The first-order valence-electron chi connectivity index (χ1n) is 14.6. The van der Waals surface area contributed by atoms with Crippen molar-refractivity contribution >= 4 is 21.8 Å². The Balaban J connectivity index is 1.39. The molecule has 222 valence electrons. The van der Waals surface area contributed by atoms with Gasteiger partial charge in [0.05, 0.1) is 19.1 Å². The number of carbonyl (C=O) groups is 2. The third kappa shape index (κ3) is 6.54. The summed E-state index contributed by atoms with van der Waals surface area (Å²) in [6.45, 7) is 1.89. The van der Waals surface area contributed by atoms with Gasteiger partial charge >= 0.3 is 0 Å². The molecule has 0 spiro atoms. The topological polar surface area (TPSA) is 105 Å². The smallest absolute Gasteiger partial charge is 0.243 e. The number of ether oxygens (including phenoxy) is 2. The van der Waals surface area contributed by atoms with Crippen LogP contribution >= 0.6 is 0 Å². The lowest BCUT2D eigenvalue weighted by Crippen LogP contribution is -2.60. The predicted octanol–water partition coefficient (Wildman–Crippen LogP) is 3.41. The minimum Gasteiger partial charge on any atom is -0.493 e. The Morgan fingerprint density at radius 3 is 2.46 bits per heavy atom. The van der Waals surface area contributed by atoms with Crippen LogP contribution in [0.15, 0.2) is 47.4 Å². The van der Waals surface area contributed by atoms with Crippen molar-refractivity contribution in [1.29, 1.82) is 0 Å². The van der Waals surface area contributed by atoms with Crippen LogP contribution in [0.2, 0.25) is 0 Å². The second kappa shape index (κ2) is 12.8. The van der Waals surface area contributed by atoms with Crippen molar-refractivity contribution in [1.82, 2.24) is 14.5 Å². The summed E-state index contributed by atoms with van der Waals surface area (Å²) < 4.78 is 39.8. The van der Waals surface area contributed by atoms with E-state index in [9.17, 15) is 18.0 Å². The zero-order valence-electron chi connectivity index (χ0n) is 24.0. The van der Waals surface area contributed by atoms with Gasteiger partial charge in [0.25, 0.3) is 0 Å². The molecular weight excluding hydrogens is 542 g/mol. The summed E-state index contributed by atoms with van der Waals surface area (Å²) in [5.41, 5.74) is 2.01. The fraction of sp³-hybridized carbons (Fsp3) is 0.548. The Morgan fingerprint density at radius 1 is 0.902 bits per heavy atom. The number of rotatable bonds is 4. The Kier molecular flexibility index (Phi) is 9.19. The summed E-state index contributed by atoms with van der Waals surface area (Å²) in [5, 5.41) is 3.03. The minimum absolute atomic E-state index is 0.00104. The number of aryl methyl sites for hydroxylation is 2. The van der Waals surface area contributed by atoms with E-state index >= 15 is 0 Å². The highest BCUT2D eigenvalue weighted by Crippen LogP contribution is 2.38. The minimum atomic E-state index is -3.62. The average molecular weight is 584 g/mol. The molecule has 2 aromatic rings. The number of hydrogen-bond acceptors (Lipinski definition) is 6. The molecule has 3 aliphatic rings. The monoisotopic (exact) mass is 583 g/mol. The van der Waals surface area contributed by atoms with Gasteiger partial charge in [-0.05, 0) is 79.7 Å². The molecule has 9 nitrogen and oxygen atoms in total. The van der Waals surface area contributed by atoms with Crippen molar-refractivity contribution in [3.63, 3.8) is 0 Å². The summed E-state index contributed by atoms with van der Waals surface area (Å²) in [6.07, 6.45) is 5.02. The maximum absolute atomic E-state index is 13.8. The zero-order chi connectivity index (χ0) is 29.0. The number of nitrogens with zero attached hydrogens (tertiary/aromatic N) is 2. The van der Waals surface area contributed by atoms with Gasteiger partial charge < -0.3 is 19.7 Å². The van der Waals surface area contributed by atoms with Gasteiger partial charge in [-0.25, -0.2) is 8.42 Å². The predicted molar refractivity (Wildman–Crippen MR) is 155 cm³/mol. The Bertz CT molecular complexity index is 1350. The van der Waals surface area contributed by atoms with Gasteiger partial charge in [0.1, 0.15) is 0 Å². The van der Waals surface area contributed by atoms with E-state index in [4.69, 9.17) is 9.47 Å². The van der Waals surface area contributed by atoms with Crippen LogP contribution in [0.4, 0.5) is 0 Å². The van der Waals surface area contributed by atoms with Crippen LogP contribution in [-0.2, 0) is 32.5 Å². The van der Waals surface area contributed by atoms with Gasteiger partial charge in [-0.15, -0.1) is 0 Å². The van der Waals surface area contributed by atoms with E-state index in [1.807, 2.05) is 17.0 Å². The van der Waals surface area contributed by atoms with Crippen LogP contribution in [0.3, 0.4) is 0 Å². The average Bonchev–Trinajstić information content (AvgIpc) is 2.98. The highest BCUT2D eigenvalue weighted by Gasteiger charge is 2.45. The first-order valence-corrected chi connectivity index (χ1v) is 16.1. The SMILES string of the molecule is COc1cc2cc(c1OC)CCCNC(=O)CCC[C@H]1[C@H]3C[C@H](CN1C(=O)CC2)CN(S(=O)(=O)c1ccccc1)C3. The normalized spacial score (nSPS) is 24.7. The van der Waals surface area contributed by atoms with Crippen molar-refractivity contribution < 1.29 is 27.5 Å². The van der Waals surface area contributed by atoms with E-state index in [1.54, 1.807) is 42.8 Å². The van der Waals surface area contributed by atoms with Crippen LogP contribution in [0.5, 0.6) is 11.5 Å². The molecule has 3 atom stereocenters. The highest BCUT2D eigenvalue weighted by atomic mass is 32.2. The molecule has 10 heteroatoms. The maximum Gasteiger partial charge on any atom is 0.243 e. The van der Waals surface area contributed by atoms with Crippen molar-refractivity contribution in [2.75, 3.05) is 40.4 Å². The van der Waals surface area contributed by atoms with Crippen LogP contribution < -0.4 is 14.8 Å². The molecule has 3 aliphatic heterocycles. The van der Waals surface area contributed by atoms with Crippen molar-refractivity contribution in [3.8, 4) is 11.5 Å². The lowest BCUT2D eigenvalue weighted by molar-refractivity contribution is -0.140. The fourth-order valence-electron chi connectivity index (χ4n) is 6.79. The molecule has 2 aromatic carbocycles. The van der Waals surface area contributed by atoms with E-state index in [-0.39, 0.29) is 29.7 Å². The molecule has 2 fully saturated rings. The van der Waals surface area contributed by atoms with Gasteiger partial charge in [-0.1, -0.05) is 24.3 Å². The molecule has 4 bridgehead atoms. The molecule has 3 heterocycles. The van der Waals surface area contributed by atoms with Crippen LogP contribution in [0.25, 0.3) is 0 Å². The quantitative estimate of drug-likeness (QED) is 0.592. The molecule has 2 saturated heterocycles. The molecule has 0 radical (unpaired) electrons. The van der Waals surface area contributed by atoms with E-state index < -0.39 is 10.0 Å². The number of carbonyl (C=O) groups excluding carboxylic acids is 2. The second-order valence-corrected chi connectivity index (χ2v) is 13.4. The maximum atomic E-state index is 13.8. The van der Waals surface area contributed by atoms with E-state index in [1.165, 1.54) is 0 Å². The lowest BCUT2D eigenvalue weighted by Gasteiger charge is -2.50. The summed E-state index contributed by atoms with van der Waals surface area (Å²) in [5.74, 6) is 1.51.